The second-order valence-electron chi connectivity index (χ2n) is 4.76. The molecule has 3 aromatic rings. The van der Waals surface area contributed by atoms with E-state index in [0.717, 1.165) is 11.1 Å². The average Bonchev–Trinajstić information content (AvgIpc) is 2.83. The van der Waals surface area contributed by atoms with Crippen molar-refractivity contribution in [3.05, 3.63) is 41.3 Å². The molecule has 0 unspecified atom stereocenters. The lowest BCUT2D eigenvalue weighted by Gasteiger charge is -2.11. The summed E-state index contributed by atoms with van der Waals surface area (Å²) in [5.41, 5.74) is 2.14. The maximum Gasteiger partial charge on any atom is 0.200 e. The van der Waals surface area contributed by atoms with Crippen LogP contribution in [-0.2, 0) is 0 Å². The van der Waals surface area contributed by atoms with Gasteiger partial charge in [-0.2, -0.15) is 0 Å². The zero-order valence-electron chi connectivity index (χ0n) is 12.1. The van der Waals surface area contributed by atoms with Gasteiger partial charge in [0.25, 0.3) is 0 Å². The smallest absolute Gasteiger partial charge is 0.200 e. The van der Waals surface area contributed by atoms with Crippen molar-refractivity contribution in [1.82, 2.24) is 0 Å². The molecule has 1 heterocycles. The first-order valence-electron chi connectivity index (χ1n) is 6.59. The third-order valence-electron chi connectivity index (χ3n) is 3.54. The van der Waals surface area contributed by atoms with Gasteiger partial charge in [-0.15, -0.1) is 11.3 Å². The van der Waals surface area contributed by atoms with Gasteiger partial charge in [-0.3, -0.25) is 0 Å². The molecular formula is C17H16O3S. The summed E-state index contributed by atoms with van der Waals surface area (Å²) in [6, 6.07) is 12.0. The second kappa shape index (κ2) is 5.30. The van der Waals surface area contributed by atoms with Gasteiger partial charge in [-0.05, 0) is 30.7 Å². The number of fused-ring (bicyclic) bond motifs is 1. The molecule has 1 aromatic heterocycles. The summed E-state index contributed by atoms with van der Waals surface area (Å²) in [5, 5.41) is 11.2. The van der Waals surface area contributed by atoms with Gasteiger partial charge in [0.15, 0.2) is 11.5 Å². The van der Waals surface area contributed by atoms with Gasteiger partial charge in [0.05, 0.1) is 14.2 Å². The molecule has 4 heteroatoms. The fourth-order valence-corrected chi connectivity index (χ4v) is 3.65. The first-order chi connectivity index (χ1) is 10.2. The molecule has 0 fully saturated rings. The molecule has 0 atom stereocenters. The third-order valence-corrected chi connectivity index (χ3v) is 4.63. The lowest BCUT2D eigenvalue weighted by Crippen LogP contribution is -1.91. The van der Waals surface area contributed by atoms with E-state index in [1.54, 1.807) is 11.3 Å². The van der Waals surface area contributed by atoms with E-state index in [9.17, 15) is 5.11 Å². The molecule has 0 bridgehead atoms. The number of phenolic OH excluding ortho intramolecular Hbond substituents is 1. The van der Waals surface area contributed by atoms with Crippen LogP contribution in [0.3, 0.4) is 0 Å². The van der Waals surface area contributed by atoms with Crippen molar-refractivity contribution < 1.29 is 14.6 Å². The van der Waals surface area contributed by atoms with E-state index in [2.05, 4.69) is 19.1 Å². The van der Waals surface area contributed by atoms with Crippen LogP contribution in [0, 0.1) is 6.92 Å². The highest BCUT2D eigenvalue weighted by atomic mass is 32.1. The molecule has 0 amide bonds. The molecule has 0 spiro atoms. The van der Waals surface area contributed by atoms with Crippen molar-refractivity contribution in [2.24, 2.45) is 0 Å². The molecule has 0 aliphatic rings. The molecule has 0 aliphatic heterocycles. The van der Waals surface area contributed by atoms with Crippen LogP contribution in [0.1, 0.15) is 4.88 Å². The van der Waals surface area contributed by atoms with Crippen molar-refractivity contribution in [2.45, 2.75) is 6.92 Å². The molecule has 0 radical (unpaired) electrons. The Bertz CT molecular complexity index is 780. The molecule has 0 saturated carbocycles. The zero-order chi connectivity index (χ0) is 15.0. The number of rotatable bonds is 3. The Kier molecular flexibility index (Phi) is 3.47. The number of phenols is 1. The summed E-state index contributed by atoms with van der Waals surface area (Å²) in [5.74, 6) is 0.860. The van der Waals surface area contributed by atoms with E-state index < -0.39 is 0 Å². The van der Waals surface area contributed by atoms with E-state index in [1.807, 2.05) is 24.3 Å². The first-order valence-corrected chi connectivity index (χ1v) is 7.41. The zero-order valence-corrected chi connectivity index (χ0v) is 13.0. The highest BCUT2D eigenvalue weighted by Crippen LogP contribution is 2.44. The Hall–Kier alpha value is -2.20. The van der Waals surface area contributed by atoms with Gasteiger partial charge < -0.3 is 14.6 Å². The number of hydrogen-bond donors (Lipinski definition) is 1. The molecule has 2 aromatic carbocycles. The Balaban J connectivity index is 2.30. The van der Waals surface area contributed by atoms with Crippen LogP contribution in [0.2, 0.25) is 0 Å². The van der Waals surface area contributed by atoms with Gasteiger partial charge in [0.2, 0.25) is 5.75 Å². The van der Waals surface area contributed by atoms with Crippen molar-refractivity contribution >= 4 is 21.4 Å². The van der Waals surface area contributed by atoms with Crippen LogP contribution < -0.4 is 9.47 Å². The maximum atomic E-state index is 10.0. The van der Waals surface area contributed by atoms with Crippen molar-refractivity contribution in [3.63, 3.8) is 0 Å². The molecule has 108 valence electrons. The SMILES string of the molecule is COc1cc(-c2c(C)sc3ccccc23)cc(OC)c1O. The summed E-state index contributed by atoms with van der Waals surface area (Å²) in [7, 11) is 3.08. The van der Waals surface area contributed by atoms with Gasteiger partial charge >= 0.3 is 0 Å². The second-order valence-corrected chi connectivity index (χ2v) is 6.02. The average molecular weight is 300 g/mol. The normalized spacial score (nSPS) is 10.8. The Morgan fingerprint density at radius 2 is 1.62 bits per heavy atom. The Morgan fingerprint density at radius 3 is 2.24 bits per heavy atom. The van der Waals surface area contributed by atoms with E-state index in [1.165, 1.54) is 29.2 Å². The highest BCUT2D eigenvalue weighted by molar-refractivity contribution is 7.19. The van der Waals surface area contributed by atoms with Gasteiger partial charge in [-0.1, -0.05) is 18.2 Å². The molecular weight excluding hydrogens is 284 g/mol. The molecule has 0 saturated heterocycles. The molecule has 21 heavy (non-hydrogen) atoms. The van der Waals surface area contributed by atoms with Crippen LogP contribution in [0.15, 0.2) is 36.4 Å². The highest BCUT2D eigenvalue weighted by Gasteiger charge is 2.16. The Labute approximate surface area is 127 Å². The fraction of sp³-hybridized carbons (Fsp3) is 0.176. The largest absolute Gasteiger partial charge is 0.502 e. The summed E-state index contributed by atoms with van der Waals surface area (Å²) >= 11 is 1.76. The number of aromatic hydroxyl groups is 1. The van der Waals surface area contributed by atoms with Crippen LogP contribution in [0.25, 0.3) is 21.2 Å². The lowest BCUT2D eigenvalue weighted by atomic mass is 10.0. The number of methoxy groups -OCH3 is 2. The first kappa shape index (κ1) is 13.8. The van der Waals surface area contributed by atoms with Crippen molar-refractivity contribution in [3.8, 4) is 28.4 Å². The fourth-order valence-electron chi connectivity index (χ4n) is 2.56. The molecule has 3 nitrogen and oxygen atoms in total. The summed E-state index contributed by atoms with van der Waals surface area (Å²) in [4.78, 5) is 1.23. The van der Waals surface area contributed by atoms with Gasteiger partial charge in [-0.25, -0.2) is 0 Å². The van der Waals surface area contributed by atoms with E-state index in [4.69, 9.17) is 9.47 Å². The van der Waals surface area contributed by atoms with Crippen LogP contribution in [0.5, 0.6) is 17.2 Å². The van der Waals surface area contributed by atoms with Crippen LogP contribution >= 0.6 is 11.3 Å². The quantitative estimate of drug-likeness (QED) is 0.768. The van der Waals surface area contributed by atoms with Crippen LogP contribution in [-0.4, -0.2) is 19.3 Å². The molecule has 3 rings (SSSR count). The minimum Gasteiger partial charge on any atom is -0.502 e. The van der Waals surface area contributed by atoms with Gasteiger partial charge in [0.1, 0.15) is 0 Å². The summed E-state index contributed by atoms with van der Waals surface area (Å²) in [6.07, 6.45) is 0. The van der Waals surface area contributed by atoms with E-state index in [-0.39, 0.29) is 5.75 Å². The molecule has 1 N–H and O–H groups in total. The predicted molar refractivity (Wildman–Crippen MR) is 86.8 cm³/mol. The monoisotopic (exact) mass is 300 g/mol. The number of aryl methyl sites for hydroxylation is 1. The number of thiophene rings is 1. The predicted octanol–water partition coefficient (Wildman–Crippen LogP) is 4.60. The Morgan fingerprint density at radius 1 is 1.00 bits per heavy atom. The summed E-state index contributed by atoms with van der Waals surface area (Å²) in [6.45, 7) is 2.10. The summed E-state index contributed by atoms with van der Waals surface area (Å²) < 4.78 is 11.7. The minimum absolute atomic E-state index is 0.0286. The lowest BCUT2D eigenvalue weighted by molar-refractivity contribution is 0.340. The number of ether oxygens (including phenoxy) is 2. The van der Waals surface area contributed by atoms with Gasteiger partial charge in [0, 0.05) is 20.5 Å². The minimum atomic E-state index is 0.0286. The van der Waals surface area contributed by atoms with Crippen LogP contribution in [0.4, 0.5) is 0 Å². The maximum absolute atomic E-state index is 10.0. The van der Waals surface area contributed by atoms with E-state index in [0.29, 0.717) is 11.5 Å². The number of hydrogen-bond acceptors (Lipinski definition) is 4. The standard InChI is InChI=1S/C17H16O3S/c1-10-16(12-6-4-5-7-15(12)21-10)11-8-13(19-2)17(18)14(9-11)20-3/h4-9,18H,1-3H3. The van der Waals surface area contributed by atoms with E-state index >= 15 is 0 Å². The number of benzene rings is 2. The van der Waals surface area contributed by atoms with Crippen molar-refractivity contribution in [2.75, 3.05) is 14.2 Å². The topological polar surface area (TPSA) is 38.7 Å². The third kappa shape index (κ3) is 2.21. The molecule has 0 aliphatic carbocycles. The van der Waals surface area contributed by atoms with Crippen molar-refractivity contribution in [1.29, 1.82) is 0 Å².